The number of carboxylic acid groups (broad SMARTS) is 1. The molecule has 3 N–H and O–H groups in total. The number of benzene rings is 2. The highest BCUT2D eigenvalue weighted by Crippen LogP contribution is 2.18. The summed E-state index contributed by atoms with van der Waals surface area (Å²) in [4.78, 5) is 35.4. The fourth-order valence-electron chi connectivity index (χ4n) is 2.31. The van der Waals surface area contributed by atoms with Crippen LogP contribution in [0.1, 0.15) is 52.6 Å². The third-order valence-electron chi connectivity index (χ3n) is 4.08. The van der Waals surface area contributed by atoms with Crippen molar-refractivity contribution in [1.82, 2.24) is 5.32 Å². The predicted octanol–water partition coefficient (Wildman–Crippen LogP) is 3.61. The maximum absolute atomic E-state index is 12.4. The van der Waals surface area contributed by atoms with Gasteiger partial charge in [-0.05, 0) is 42.3 Å². The highest BCUT2D eigenvalue weighted by atomic mass is 16.4. The lowest BCUT2D eigenvalue weighted by molar-refractivity contribution is -0.128. The van der Waals surface area contributed by atoms with Gasteiger partial charge in [0, 0.05) is 23.2 Å². The number of aryl methyl sites for hydroxylation is 1. The molecule has 27 heavy (non-hydrogen) atoms. The zero-order chi connectivity index (χ0) is 20.2. The second-order valence-corrected chi connectivity index (χ2v) is 7.42. The Morgan fingerprint density at radius 1 is 0.963 bits per heavy atom. The van der Waals surface area contributed by atoms with Crippen molar-refractivity contribution in [3.8, 4) is 0 Å². The van der Waals surface area contributed by atoms with E-state index in [2.05, 4.69) is 10.6 Å². The standard InChI is InChI=1S/C21H24N2O4/c1-13-5-8-16(19(25)26)11-17(13)23-18(24)15-9-6-14(7-10-15)12-22-20(27)21(2,3)4/h5-11H,12H2,1-4H3,(H,22,27)(H,23,24)(H,25,26). The molecule has 0 spiro atoms. The smallest absolute Gasteiger partial charge is 0.335 e. The molecule has 0 aromatic heterocycles. The summed E-state index contributed by atoms with van der Waals surface area (Å²) in [5, 5.41) is 14.7. The number of carboxylic acids is 1. The number of nitrogens with one attached hydrogen (secondary N) is 2. The van der Waals surface area contributed by atoms with E-state index in [0.717, 1.165) is 11.1 Å². The van der Waals surface area contributed by atoms with Crippen LogP contribution in [0.25, 0.3) is 0 Å². The number of carbonyl (C=O) groups is 3. The van der Waals surface area contributed by atoms with Gasteiger partial charge in [0.25, 0.3) is 5.91 Å². The van der Waals surface area contributed by atoms with Crippen LogP contribution in [-0.2, 0) is 11.3 Å². The molecule has 2 rings (SSSR count). The first-order chi connectivity index (χ1) is 12.6. The summed E-state index contributed by atoms with van der Waals surface area (Å²) in [5.41, 5.74) is 2.22. The van der Waals surface area contributed by atoms with Gasteiger partial charge in [-0.2, -0.15) is 0 Å². The number of aromatic carboxylic acids is 1. The van der Waals surface area contributed by atoms with Crippen LogP contribution in [0.2, 0.25) is 0 Å². The molecule has 0 heterocycles. The number of carbonyl (C=O) groups excluding carboxylic acids is 2. The van der Waals surface area contributed by atoms with E-state index in [1.807, 2.05) is 20.8 Å². The van der Waals surface area contributed by atoms with E-state index in [0.29, 0.717) is 17.8 Å². The summed E-state index contributed by atoms with van der Waals surface area (Å²) >= 11 is 0. The average molecular weight is 368 g/mol. The van der Waals surface area contributed by atoms with Crippen LogP contribution in [0.15, 0.2) is 42.5 Å². The van der Waals surface area contributed by atoms with Crippen molar-refractivity contribution in [3.05, 3.63) is 64.7 Å². The lowest BCUT2D eigenvalue weighted by Crippen LogP contribution is -2.34. The first-order valence-electron chi connectivity index (χ1n) is 8.60. The molecule has 0 saturated heterocycles. The number of rotatable bonds is 5. The topological polar surface area (TPSA) is 95.5 Å². The summed E-state index contributed by atoms with van der Waals surface area (Å²) in [6, 6.07) is 11.5. The summed E-state index contributed by atoms with van der Waals surface area (Å²) in [6.07, 6.45) is 0. The van der Waals surface area contributed by atoms with Gasteiger partial charge in [-0.15, -0.1) is 0 Å². The van der Waals surface area contributed by atoms with Crippen LogP contribution >= 0.6 is 0 Å². The van der Waals surface area contributed by atoms with Crippen molar-refractivity contribution in [2.75, 3.05) is 5.32 Å². The molecule has 2 aromatic carbocycles. The number of anilines is 1. The van der Waals surface area contributed by atoms with Crippen LogP contribution in [0.3, 0.4) is 0 Å². The van der Waals surface area contributed by atoms with E-state index < -0.39 is 11.4 Å². The van der Waals surface area contributed by atoms with Crippen molar-refractivity contribution < 1.29 is 19.5 Å². The predicted molar refractivity (Wildman–Crippen MR) is 104 cm³/mol. The van der Waals surface area contributed by atoms with Crippen molar-refractivity contribution >= 4 is 23.5 Å². The number of hydrogen-bond donors (Lipinski definition) is 3. The Morgan fingerprint density at radius 2 is 1.56 bits per heavy atom. The minimum Gasteiger partial charge on any atom is -0.478 e. The normalized spacial score (nSPS) is 11.0. The summed E-state index contributed by atoms with van der Waals surface area (Å²) in [7, 11) is 0. The molecule has 2 aromatic rings. The highest BCUT2D eigenvalue weighted by Gasteiger charge is 2.20. The molecule has 0 fully saturated rings. The van der Waals surface area contributed by atoms with E-state index in [4.69, 9.17) is 5.11 Å². The van der Waals surface area contributed by atoms with Crippen LogP contribution in [0, 0.1) is 12.3 Å². The zero-order valence-electron chi connectivity index (χ0n) is 15.9. The van der Waals surface area contributed by atoms with Gasteiger partial charge in [0.05, 0.1) is 5.56 Å². The van der Waals surface area contributed by atoms with Gasteiger partial charge in [0.2, 0.25) is 5.91 Å². The highest BCUT2D eigenvalue weighted by molar-refractivity contribution is 6.05. The van der Waals surface area contributed by atoms with Gasteiger partial charge in [0.1, 0.15) is 0 Å². The molecular formula is C21H24N2O4. The molecule has 0 atom stereocenters. The van der Waals surface area contributed by atoms with E-state index >= 15 is 0 Å². The van der Waals surface area contributed by atoms with Gasteiger partial charge in [0.15, 0.2) is 0 Å². The van der Waals surface area contributed by atoms with Crippen molar-refractivity contribution in [2.24, 2.45) is 5.41 Å². The van der Waals surface area contributed by atoms with Crippen LogP contribution < -0.4 is 10.6 Å². The molecule has 0 aliphatic rings. The Balaban J connectivity index is 2.05. The van der Waals surface area contributed by atoms with Crippen LogP contribution in [0.5, 0.6) is 0 Å². The third-order valence-corrected chi connectivity index (χ3v) is 4.08. The molecule has 142 valence electrons. The quantitative estimate of drug-likeness (QED) is 0.751. The minimum absolute atomic E-state index is 0.0434. The Labute approximate surface area is 158 Å². The van der Waals surface area contributed by atoms with E-state index in [9.17, 15) is 14.4 Å². The first kappa shape index (κ1) is 20.2. The summed E-state index contributed by atoms with van der Waals surface area (Å²) < 4.78 is 0. The van der Waals surface area contributed by atoms with Crippen LogP contribution in [0.4, 0.5) is 5.69 Å². The average Bonchev–Trinajstić information content (AvgIpc) is 2.60. The van der Waals surface area contributed by atoms with Gasteiger partial charge in [-0.25, -0.2) is 4.79 Å². The molecule has 0 saturated carbocycles. The van der Waals surface area contributed by atoms with Gasteiger partial charge in [-0.3, -0.25) is 9.59 Å². The van der Waals surface area contributed by atoms with E-state index in [-0.39, 0.29) is 17.4 Å². The molecule has 6 nitrogen and oxygen atoms in total. The number of amides is 2. The minimum atomic E-state index is -1.05. The monoisotopic (exact) mass is 368 g/mol. The fraction of sp³-hybridized carbons (Fsp3) is 0.286. The summed E-state index contributed by atoms with van der Waals surface area (Å²) in [5.74, 6) is -1.42. The molecule has 6 heteroatoms. The molecule has 0 radical (unpaired) electrons. The maximum atomic E-state index is 12.4. The van der Waals surface area contributed by atoms with Crippen LogP contribution in [-0.4, -0.2) is 22.9 Å². The molecule has 0 bridgehead atoms. The largest absolute Gasteiger partial charge is 0.478 e. The fourth-order valence-corrected chi connectivity index (χ4v) is 2.31. The Morgan fingerprint density at radius 3 is 2.11 bits per heavy atom. The van der Waals surface area contributed by atoms with E-state index in [1.165, 1.54) is 12.1 Å². The molecular weight excluding hydrogens is 344 g/mol. The molecule has 0 aliphatic heterocycles. The van der Waals surface area contributed by atoms with Gasteiger partial charge >= 0.3 is 5.97 Å². The number of hydrogen-bond acceptors (Lipinski definition) is 3. The van der Waals surface area contributed by atoms with E-state index in [1.54, 1.807) is 37.3 Å². The summed E-state index contributed by atoms with van der Waals surface area (Å²) in [6.45, 7) is 7.71. The molecule has 0 unspecified atom stereocenters. The second kappa shape index (κ2) is 8.03. The SMILES string of the molecule is Cc1ccc(C(=O)O)cc1NC(=O)c1ccc(CNC(=O)C(C)(C)C)cc1. The zero-order valence-corrected chi connectivity index (χ0v) is 15.9. The Kier molecular flexibility index (Phi) is 6.00. The first-order valence-corrected chi connectivity index (χ1v) is 8.60. The molecule has 2 amide bonds. The Bertz CT molecular complexity index is 865. The van der Waals surface area contributed by atoms with Crippen molar-refractivity contribution in [3.63, 3.8) is 0 Å². The lowest BCUT2D eigenvalue weighted by Gasteiger charge is -2.17. The second-order valence-electron chi connectivity index (χ2n) is 7.42. The van der Waals surface area contributed by atoms with Crippen molar-refractivity contribution in [2.45, 2.75) is 34.2 Å². The lowest BCUT2D eigenvalue weighted by atomic mass is 9.95. The molecule has 0 aliphatic carbocycles. The Hall–Kier alpha value is -3.15. The van der Waals surface area contributed by atoms with Gasteiger partial charge < -0.3 is 15.7 Å². The maximum Gasteiger partial charge on any atom is 0.335 e. The van der Waals surface area contributed by atoms with Crippen molar-refractivity contribution in [1.29, 1.82) is 0 Å². The van der Waals surface area contributed by atoms with Gasteiger partial charge in [-0.1, -0.05) is 39.0 Å². The third kappa shape index (κ3) is 5.41.